The van der Waals surface area contributed by atoms with Gasteiger partial charge in [0.15, 0.2) is 11.0 Å². The van der Waals surface area contributed by atoms with Crippen LogP contribution in [0.5, 0.6) is 0 Å². The molecule has 1 atom stereocenters. The maximum absolute atomic E-state index is 12.5. The number of rotatable bonds is 6. The zero-order valence-electron chi connectivity index (χ0n) is 15.5. The van der Waals surface area contributed by atoms with Crippen LogP contribution in [0.15, 0.2) is 46.9 Å². The molecule has 1 aliphatic rings. The average Bonchev–Trinajstić information content (AvgIpc) is 3.23. The Bertz CT molecular complexity index is 1030. The molecule has 2 heterocycles. The molecule has 4 rings (SSSR count). The lowest BCUT2D eigenvalue weighted by Gasteiger charge is -2.13. The molecule has 0 spiro atoms. The van der Waals surface area contributed by atoms with Crippen molar-refractivity contribution in [2.45, 2.75) is 36.2 Å². The van der Waals surface area contributed by atoms with Crippen LogP contribution in [0.2, 0.25) is 5.02 Å². The normalized spacial score (nSPS) is 14.4. The number of nitrogens with one attached hydrogen (secondary N) is 2. The molecule has 3 aromatic rings. The molecule has 1 saturated carbocycles. The van der Waals surface area contributed by atoms with Crippen molar-refractivity contribution >= 4 is 46.5 Å². The number of amides is 2. The lowest BCUT2D eigenvalue weighted by Crippen LogP contribution is -2.45. The fourth-order valence-electron chi connectivity index (χ4n) is 2.73. The van der Waals surface area contributed by atoms with Crippen molar-refractivity contribution in [2.24, 2.45) is 0 Å². The summed E-state index contributed by atoms with van der Waals surface area (Å²) < 4.78 is 2.12. The van der Waals surface area contributed by atoms with E-state index in [1.54, 1.807) is 36.5 Å². The third-order valence-electron chi connectivity index (χ3n) is 4.36. The summed E-state index contributed by atoms with van der Waals surface area (Å²) >= 11 is 8.83. The van der Waals surface area contributed by atoms with E-state index in [0.29, 0.717) is 21.8 Å². The van der Waals surface area contributed by atoms with Crippen molar-refractivity contribution < 1.29 is 9.59 Å². The Morgan fingerprint density at radius 3 is 2.76 bits per heavy atom. The summed E-state index contributed by atoms with van der Waals surface area (Å²) in [6.45, 7) is 1.77. The Balaban J connectivity index is 1.40. The molecule has 0 aliphatic heterocycles. The smallest absolute Gasteiger partial charge is 0.269 e. The van der Waals surface area contributed by atoms with Crippen LogP contribution in [0.25, 0.3) is 10.7 Å². The van der Waals surface area contributed by atoms with Crippen LogP contribution >= 0.6 is 34.7 Å². The molecule has 2 aromatic heterocycles. The molecule has 0 saturated heterocycles. The second-order valence-corrected chi connectivity index (χ2v) is 9.29. The van der Waals surface area contributed by atoms with Crippen LogP contribution in [0, 0.1) is 0 Å². The van der Waals surface area contributed by atoms with Crippen LogP contribution in [0.3, 0.4) is 0 Å². The molecule has 0 radical (unpaired) electrons. The number of thiophene rings is 1. The molecule has 2 N–H and O–H groups in total. The van der Waals surface area contributed by atoms with Gasteiger partial charge in [-0.15, -0.1) is 21.5 Å². The number of thioether (sulfide) groups is 1. The Morgan fingerprint density at radius 1 is 1.24 bits per heavy atom. The minimum Gasteiger partial charge on any atom is -0.298 e. The lowest BCUT2D eigenvalue weighted by molar-refractivity contribution is -0.121. The van der Waals surface area contributed by atoms with E-state index in [2.05, 4.69) is 25.6 Å². The highest BCUT2D eigenvalue weighted by Gasteiger charge is 2.31. The first-order chi connectivity index (χ1) is 14.0. The Morgan fingerprint density at radius 2 is 2.07 bits per heavy atom. The third kappa shape index (κ3) is 4.63. The van der Waals surface area contributed by atoms with Gasteiger partial charge in [-0.25, -0.2) is 0 Å². The molecule has 2 amide bonds. The number of carbonyl (C=O) groups is 2. The Kier molecular flexibility index (Phi) is 5.89. The number of hydrogen-bond acceptors (Lipinski definition) is 6. The molecule has 1 aliphatic carbocycles. The van der Waals surface area contributed by atoms with Gasteiger partial charge in [-0.1, -0.05) is 35.5 Å². The van der Waals surface area contributed by atoms with Crippen LogP contribution in [0.4, 0.5) is 0 Å². The molecule has 1 fully saturated rings. The minimum absolute atomic E-state index is 0.326. The van der Waals surface area contributed by atoms with E-state index in [9.17, 15) is 9.59 Å². The van der Waals surface area contributed by atoms with Gasteiger partial charge in [-0.05, 0) is 49.4 Å². The molecule has 29 heavy (non-hydrogen) atoms. The SMILES string of the molecule is CC(Sc1nnc(-c2cccs2)n1C1CC1)C(=O)NNC(=O)c1cccc(Cl)c1. The zero-order valence-corrected chi connectivity index (χ0v) is 17.9. The monoisotopic (exact) mass is 447 g/mol. The quantitative estimate of drug-likeness (QED) is 0.441. The van der Waals surface area contributed by atoms with Gasteiger partial charge < -0.3 is 0 Å². The third-order valence-corrected chi connectivity index (χ3v) is 6.51. The van der Waals surface area contributed by atoms with E-state index in [1.165, 1.54) is 17.8 Å². The van der Waals surface area contributed by atoms with Crippen LogP contribution in [0.1, 0.15) is 36.2 Å². The topological polar surface area (TPSA) is 88.9 Å². The zero-order chi connectivity index (χ0) is 20.4. The first kappa shape index (κ1) is 19.9. The van der Waals surface area contributed by atoms with Gasteiger partial charge in [0.1, 0.15) is 0 Å². The maximum Gasteiger partial charge on any atom is 0.269 e. The number of carbonyl (C=O) groups excluding carboxylic acids is 2. The summed E-state index contributed by atoms with van der Waals surface area (Å²) in [5.41, 5.74) is 5.25. The highest BCUT2D eigenvalue weighted by molar-refractivity contribution is 8.00. The second kappa shape index (κ2) is 8.56. The second-order valence-electron chi connectivity index (χ2n) is 6.60. The van der Waals surface area contributed by atoms with Crippen molar-refractivity contribution in [3.8, 4) is 10.7 Å². The predicted molar refractivity (Wildman–Crippen MR) is 114 cm³/mol. The van der Waals surface area contributed by atoms with Crippen LogP contribution in [-0.4, -0.2) is 31.8 Å². The molecule has 1 unspecified atom stereocenters. The van der Waals surface area contributed by atoms with Gasteiger partial charge in [0.05, 0.1) is 10.1 Å². The number of aromatic nitrogens is 3. The number of hydrogen-bond donors (Lipinski definition) is 2. The first-order valence-corrected chi connectivity index (χ1v) is 11.2. The lowest BCUT2D eigenvalue weighted by atomic mass is 10.2. The van der Waals surface area contributed by atoms with Gasteiger partial charge in [-0.3, -0.25) is 25.0 Å². The summed E-state index contributed by atoms with van der Waals surface area (Å²) in [5, 5.41) is 11.4. The van der Waals surface area contributed by atoms with E-state index < -0.39 is 11.2 Å². The number of hydrazine groups is 1. The van der Waals surface area contributed by atoms with Gasteiger partial charge in [0, 0.05) is 16.6 Å². The summed E-state index contributed by atoms with van der Waals surface area (Å²) in [6, 6.07) is 10.9. The van der Waals surface area contributed by atoms with Crippen molar-refractivity contribution in [2.75, 3.05) is 0 Å². The molecular formula is C19H18ClN5O2S2. The van der Waals surface area contributed by atoms with Gasteiger partial charge in [0.2, 0.25) is 0 Å². The fourth-order valence-corrected chi connectivity index (χ4v) is 4.54. The van der Waals surface area contributed by atoms with Crippen LogP contribution in [-0.2, 0) is 4.79 Å². The van der Waals surface area contributed by atoms with Crippen molar-refractivity contribution in [3.63, 3.8) is 0 Å². The van der Waals surface area contributed by atoms with E-state index in [-0.39, 0.29) is 5.91 Å². The number of nitrogens with zero attached hydrogens (tertiary/aromatic N) is 3. The predicted octanol–water partition coefficient (Wildman–Crippen LogP) is 3.94. The molecular weight excluding hydrogens is 430 g/mol. The highest BCUT2D eigenvalue weighted by Crippen LogP contribution is 2.42. The molecule has 7 nitrogen and oxygen atoms in total. The summed E-state index contributed by atoms with van der Waals surface area (Å²) in [6.07, 6.45) is 2.17. The van der Waals surface area contributed by atoms with Crippen molar-refractivity contribution in [1.82, 2.24) is 25.6 Å². The summed E-state index contributed by atoms with van der Waals surface area (Å²) in [4.78, 5) is 25.7. The van der Waals surface area contributed by atoms with Gasteiger partial charge >= 0.3 is 0 Å². The highest BCUT2D eigenvalue weighted by atomic mass is 35.5. The largest absolute Gasteiger partial charge is 0.298 e. The first-order valence-electron chi connectivity index (χ1n) is 9.04. The van der Waals surface area contributed by atoms with Gasteiger partial charge in [-0.2, -0.15) is 0 Å². The summed E-state index contributed by atoms with van der Waals surface area (Å²) in [5.74, 6) is 0.0828. The average molecular weight is 448 g/mol. The number of benzene rings is 1. The standard InChI is InChI=1S/C19H18ClN5O2S2/c1-11(17(26)22-23-18(27)12-4-2-5-13(20)10-12)29-19-24-21-16(15-6-3-9-28-15)25(19)14-7-8-14/h2-6,9-11,14H,7-8H2,1H3,(H,22,26)(H,23,27). The number of halogens is 1. The van der Waals surface area contributed by atoms with Crippen molar-refractivity contribution in [1.29, 1.82) is 0 Å². The van der Waals surface area contributed by atoms with E-state index in [1.807, 2.05) is 17.5 Å². The van der Waals surface area contributed by atoms with Crippen LogP contribution < -0.4 is 10.9 Å². The molecule has 1 aromatic carbocycles. The fraction of sp³-hybridized carbons (Fsp3) is 0.263. The van der Waals surface area contributed by atoms with E-state index >= 15 is 0 Å². The summed E-state index contributed by atoms with van der Waals surface area (Å²) in [7, 11) is 0. The maximum atomic E-state index is 12.5. The molecule has 0 bridgehead atoms. The minimum atomic E-state index is -0.465. The molecule has 150 valence electrons. The van der Waals surface area contributed by atoms with Crippen molar-refractivity contribution in [3.05, 3.63) is 52.4 Å². The molecule has 10 heteroatoms. The van der Waals surface area contributed by atoms with Gasteiger partial charge in [0.25, 0.3) is 11.8 Å². The van der Waals surface area contributed by atoms with E-state index in [0.717, 1.165) is 23.5 Å². The van der Waals surface area contributed by atoms with E-state index in [4.69, 9.17) is 11.6 Å². The Hall–Kier alpha value is -2.36. The Labute approximate surface area is 180 Å².